The van der Waals surface area contributed by atoms with Gasteiger partial charge in [0.2, 0.25) is 5.88 Å². The van der Waals surface area contributed by atoms with Crippen molar-refractivity contribution in [2.24, 2.45) is 11.7 Å². The minimum Gasteiger partial charge on any atom is -0.477 e. The Morgan fingerprint density at radius 3 is 2.50 bits per heavy atom. The van der Waals surface area contributed by atoms with E-state index in [1.807, 2.05) is 13.8 Å². The zero-order valence-corrected chi connectivity index (χ0v) is 10.7. The predicted molar refractivity (Wildman–Crippen MR) is 65.5 cm³/mol. The molecule has 0 aliphatic rings. The van der Waals surface area contributed by atoms with Crippen molar-refractivity contribution in [3.63, 3.8) is 0 Å². The highest BCUT2D eigenvalue weighted by Gasteiger charge is 2.33. The van der Waals surface area contributed by atoms with Gasteiger partial charge < -0.3 is 10.5 Å². The van der Waals surface area contributed by atoms with E-state index in [2.05, 4.69) is 4.98 Å². The molecule has 1 aromatic rings. The van der Waals surface area contributed by atoms with E-state index in [1.54, 1.807) is 0 Å². The number of aromatic nitrogens is 1. The molecule has 0 unspecified atom stereocenters. The lowest BCUT2D eigenvalue weighted by Crippen LogP contribution is -2.17. The Kier molecular flexibility index (Phi) is 4.50. The van der Waals surface area contributed by atoms with Crippen LogP contribution in [0.5, 0.6) is 5.88 Å². The van der Waals surface area contributed by atoms with Crippen LogP contribution in [0.2, 0.25) is 0 Å². The van der Waals surface area contributed by atoms with Gasteiger partial charge in [0.25, 0.3) is 0 Å². The fourth-order valence-corrected chi connectivity index (χ4v) is 1.30. The molecule has 0 bridgehead atoms. The van der Waals surface area contributed by atoms with Crippen LogP contribution in [-0.2, 0) is 6.18 Å². The Labute approximate surface area is 108 Å². The molecule has 1 aromatic heterocycles. The minimum atomic E-state index is -4.52. The summed E-state index contributed by atoms with van der Waals surface area (Å²) in [4.78, 5) is 3.38. The van der Waals surface area contributed by atoms with Crippen LogP contribution in [-0.4, -0.2) is 16.6 Å². The van der Waals surface area contributed by atoms with Crippen LogP contribution < -0.4 is 10.5 Å². The molecule has 0 fully saturated rings. The molecule has 3 nitrogen and oxygen atoms in total. The average Bonchev–Trinajstić information content (AvgIpc) is 2.24. The highest BCUT2D eigenvalue weighted by molar-refractivity contribution is 7.80. The third-order valence-corrected chi connectivity index (χ3v) is 2.19. The predicted octanol–water partition coefficient (Wildman–Crippen LogP) is 2.77. The molecule has 0 amide bonds. The number of hydrogen-bond acceptors (Lipinski definition) is 3. The summed E-state index contributed by atoms with van der Waals surface area (Å²) in [7, 11) is 0. The van der Waals surface area contributed by atoms with Gasteiger partial charge >= 0.3 is 6.18 Å². The van der Waals surface area contributed by atoms with Crippen molar-refractivity contribution >= 4 is 17.2 Å². The first kappa shape index (κ1) is 14.7. The van der Waals surface area contributed by atoms with Crippen molar-refractivity contribution < 1.29 is 17.9 Å². The molecule has 2 N–H and O–H groups in total. The van der Waals surface area contributed by atoms with Crippen LogP contribution in [0.25, 0.3) is 0 Å². The van der Waals surface area contributed by atoms with Crippen molar-refractivity contribution in [1.29, 1.82) is 0 Å². The minimum absolute atomic E-state index is 0.0463. The first-order chi connectivity index (χ1) is 8.21. The lowest BCUT2D eigenvalue weighted by atomic mass is 10.2. The molecule has 18 heavy (non-hydrogen) atoms. The molecule has 0 saturated carbocycles. The monoisotopic (exact) mass is 278 g/mol. The van der Waals surface area contributed by atoms with Crippen molar-refractivity contribution in [1.82, 2.24) is 4.98 Å². The number of thiocarbonyl (C=S) groups is 1. The smallest absolute Gasteiger partial charge is 0.433 e. The molecule has 1 heterocycles. The molecule has 100 valence electrons. The van der Waals surface area contributed by atoms with Crippen LogP contribution in [0.1, 0.15) is 25.1 Å². The molecule has 7 heteroatoms. The lowest BCUT2D eigenvalue weighted by molar-refractivity contribution is -0.141. The van der Waals surface area contributed by atoms with Gasteiger partial charge in [0.15, 0.2) is 0 Å². The van der Waals surface area contributed by atoms with Gasteiger partial charge in [-0.2, -0.15) is 13.2 Å². The highest BCUT2D eigenvalue weighted by Crippen LogP contribution is 2.30. The first-order valence-electron chi connectivity index (χ1n) is 5.22. The van der Waals surface area contributed by atoms with Gasteiger partial charge in [0.1, 0.15) is 10.7 Å². The van der Waals surface area contributed by atoms with Crippen molar-refractivity contribution in [2.45, 2.75) is 20.0 Å². The quantitative estimate of drug-likeness (QED) is 0.860. The van der Waals surface area contributed by atoms with Crippen molar-refractivity contribution in [2.75, 3.05) is 6.61 Å². The number of rotatable bonds is 4. The summed E-state index contributed by atoms with van der Waals surface area (Å²) in [6.45, 7) is 3.98. The van der Waals surface area contributed by atoms with Gasteiger partial charge in [0, 0.05) is 0 Å². The molecule has 0 aliphatic heterocycles. The van der Waals surface area contributed by atoms with E-state index in [1.165, 1.54) is 6.07 Å². The van der Waals surface area contributed by atoms with Crippen LogP contribution in [0, 0.1) is 5.92 Å². The fraction of sp³-hybridized carbons (Fsp3) is 0.455. The normalized spacial score (nSPS) is 11.7. The third-order valence-electron chi connectivity index (χ3n) is 1.97. The van der Waals surface area contributed by atoms with Gasteiger partial charge in [-0.05, 0) is 18.1 Å². The van der Waals surface area contributed by atoms with E-state index < -0.39 is 11.9 Å². The largest absolute Gasteiger partial charge is 0.477 e. The van der Waals surface area contributed by atoms with Gasteiger partial charge in [-0.25, -0.2) is 4.98 Å². The Morgan fingerprint density at radius 1 is 1.44 bits per heavy atom. The zero-order chi connectivity index (χ0) is 13.9. The Bertz CT molecular complexity index is 446. The number of halogens is 3. The SMILES string of the molecule is CC(C)COc1nc(C(F)(F)F)ccc1C(N)=S. The van der Waals surface area contributed by atoms with Crippen LogP contribution >= 0.6 is 12.2 Å². The number of nitrogens with two attached hydrogens (primary N) is 1. The second-order valence-corrected chi connectivity index (χ2v) is 4.56. The number of ether oxygens (including phenoxy) is 1. The Morgan fingerprint density at radius 2 is 2.06 bits per heavy atom. The highest BCUT2D eigenvalue weighted by atomic mass is 32.1. The van der Waals surface area contributed by atoms with Crippen molar-refractivity contribution in [3.05, 3.63) is 23.4 Å². The van der Waals surface area contributed by atoms with Crippen LogP contribution in [0.3, 0.4) is 0 Å². The van der Waals surface area contributed by atoms with Crippen LogP contribution in [0.4, 0.5) is 13.2 Å². The molecule has 0 aromatic carbocycles. The average molecular weight is 278 g/mol. The second-order valence-electron chi connectivity index (χ2n) is 4.12. The molecule has 0 spiro atoms. The van der Waals surface area contributed by atoms with Gasteiger partial charge in [0.05, 0.1) is 12.2 Å². The summed E-state index contributed by atoms with van der Waals surface area (Å²) in [6, 6.07) is 2.00. The summed E-state index contributed by atoms with van der Waals surface area (Å²) in [5.41, 5.74) is 4.59. The summed E-state index contributed by atoms with van der Waals surface area (Å²) in [6.07, 6.45) is -4.52. The second kappa shape index (κ2) is 5.51. The maximum atomic E-state index is 12.5. The van der Waals surface area contributed by atoms with Gasteiger partial charge in [-0.3, -0.25) is 0 Å². The number of hydrogen-bond donors (Lipinski definition) is 1. The molecule has 1 rings (SSSR count). The number of alkyl halides is 3. The Balaban J connectivity index is 3.12. The van der Waals surface area contributed by atoms with Crippen LogP contribution in [0.15, 0.2) is 12.1 Å². The Hall–Kier alpha value is -1.37. The summed E-state index contributed by atoms with van der Waals surface area (Å²) < 4.78 is 42.8. The number of nitrogens with zero attached hydrogens (tertiary/aromatic N) is 1. The van der Waals surface area contributed by atoms with E-state index >= 15 is 0 Å². The molecule has 0 saturated heterocycles. The van der Waals surface area contributed by atoms with Crippen molar-refractivity contribution in [3.8, 4) is 5.88 Å². The summed E-state index contributed by atoms with van der Waals surface area (Å²) in [5.74, 6) is -0.0217. The first-order valence-corrected chi connectivity index (χ1v) is 5.63. The topological polar surface area (TPSA) is 48.1 Å². The van der Waals surface area contributed by atoms with E-state index in [9.17, 15) is 13.2 Å². The van der Waals surface area contributed by atoms with E-state index in [4.69, 9.17) is 22.7 Å². The maximum Gasteiger partial charge on any atom is 0.433 e. The van der Waals surface area contributed by atoms with Gasteiger partial charge in [-0.15, -0.1) is 0 Å². The lowest BCUT2D eigenvalue weighted by Gasteiger charge is -2.13. The molecule has 0 radical (unpaired) electrons. The molecule has 0 atom stereocenters. The van der Waals surface area contributed by atoms with E-state index in [0.717, 1.165) is 6.07 Å². The summed E-state index contributed by atoms with van der Waals surface area (Å²) >= 11 is 4.74. The summed E-state index contributed by atoms with van der Waals surface area (Å²) in [5, 5.41) is 0. The van der Waals surface area contributed by atoms with E-state index in [0.29, 0.717) is 0 Å². The number of pyridine rings is 1. The molecular formula is C11H13F3N2OS. The third kappa shape index (κ3) is 3.83. The molecule has 0 aliphatic carbocycles. The fourth-order valence-electron chi connectivity index (χ4n) is 1.14. The maximum absolute atomic E-state index is 12.5. The molecular weight excluding hydrogens is 265 g/mol. The standard InChI is InChI=1S/C11H13F3N2OS/c1-6(2)5-17-10-7(9(15)18)3-4-8(16-10)11(12,13)14/h3-4,6H,5H2,1-2H3,(H2,15,18). The zero-order valence-electron chi connectivity index (χ0n) is 9.91. The van der Waals surface area contributed by atoms with Gasteiger partial charge in [-0.1, -0.05) is 26.1 Å². The van der Waals surface area contributed by atoms with E-state index in [-0.39, 0.29) is 29.0 Å².